The molecule has 1 aromatic carbocycles. The van der Waals surface area contributed by atoms with Crippen LogP contribution in [0.25, 0.3) is 16.6 Å². The van der Waals surface area contributed by atoms with Crippen LogP contribution in [0.1, 0.15) is 24.2 Å². The molecule has 1 fully saturated rings. The molecule has 1 atom stereocenters. The lowest BCUT2D eigenvalue weighted by molar-refractivity contribution is 0.0341. The van der Waals surface area contributed by atoms with E-state index in [0.717, 1.165) is 48.6 Å². The Kier molecular flexibility index (Phi) is 5.58. The lowest BCUT2D eigenvalue weighted by Crippen LogP contribution is -2.35. The summed E-state index contributed by atoms with van der Waals surface area (Å²) in [5.74, 6) is 0. The predicted molar refractivity (Wildman–Crippen MR) is 117 cm³/mol. The summed E-state index contributed by atoms with van der Waals surface area (Å²) in [6.07, 6.45) is 1.95. The van der Waals surface area contributed by atoms with Gasteiger partial charge in [-0.1, -0.05) is 5.18 Å². The summed E-state index contributed by atoms with van der Waals surface area (Å²) in [4.78, 5) is 18.9. The summed E-state index contributed by atoms with van der Waals surface area (Å²) >= 11 is 1.47. The highest BCUT2D eigenvalue weighted by molar-refractivity contribution is 7.99. The number of hydrogen-bond acceptors (Lipinski definition) is 9. The topological polar surface area (TPSA) is 97.9 Å². The van der Waals surface area contributed by atoms with Crippen LogP contribution in [-0.2, 0) is 11.3 Å². The highest BCUT2D eigenvalue weighted by Gasteiger charge is 2.14. The molecular formula is C21H21N7O2S. The van der Waals surface area contributed by atoms with Gasteiger partial charge in [-0.3, -0.25) is 9.88 Å². The molecule has 4 heterocycles. The molecule has 1 unspecified atom stereocenters. The Labute approximate surface area is 182 Å². The van der Waals surface area contributed by atoms with Crippen molar-refractivity contribution in [2.75, 3.05) is 26.3 Å². The first kappa shape index (κ1) is 20.0. The third-order valence-electron chi connectivity index (χ3n) is 5.27. The van der Waals surface area contributed by atoms with E-state index in [1.165, 1.54) is 17.3 Å². The van der Waals surface area contributed by atoms with Crippen molar-refractivity contribution in [1.29, 1.82) is 0 Å². The summed E-state index contributed by atoms with van der Waals surface area (Å²) in [6.45, 7) is 6.04. The first-order valence-electron chi connectivity index (χ1n) is 10.1. The van der Waals surface area contributed by atoms with Crippen LogP contribution < -0.4 is 0 Å². The van der Waals surface area contributed by atoms with Crippen LogP contribution in [-0.4, -0.2) is 56.0 Å². The highest BCUT2D eigenvalue weighted by atomic mass is 32.2. The van der Waals surface area contributed by atoms with Gasteiger partial charge in [0.2, 0.25) is 5.16 Å². The zero-order chi connectivity index (χ0) is 21.2. The maximum absolute atomic E-state index is 10.9. The van der Waals surface area contributed by atoms with Crippen LogP contribution in [0.15, 0.2) is 57.8 Å². The average Bonchev–Trinajstić information content (AvgIpc) is 3.21. The van der Waals surface area contributed by atoms with Crippen LogP contribution in [0.4, 0.5) is 0 Å². The third kappa shape index (κ3) is 4.27. The van der Waals surface area contributed by atoms with Gasteiger partial charge < -0.3 is 4.74 Å². The smallest absolute Gasteiger partial charge is 0.217 e. The predicted octanol–water partition coefficient (Wildman–Crippen LogP) is 3.48. The van der Waals surface area contributed by atoms with E-state index < -0.39 is 6.04 Å². The number of fused-ring (bicyclic) bond motifs is 2. The molecule has 9 nitrogen and oxygen atoms in total. The fourth-order valence-corrected chi connectivity index (χ4v) is 4.39. The van der Waals surface area contributed by atoms with E-state index in [0.29, 0.717) is 16.5 Å². The van der Waals surface area contributed by atoms with E-state index in [4.69, 9.17) is 4.74 Å². The standard InChI is InChI=1S/C21H21N7O2S/c1-14(26-29)18-4-5-20-23-24-21(28(20)25-18)31-17-2-3-19-16(11-17)10-15(12-22-19)13-27-6-8-30-9-7-27/h2-5,10-12,14H,6-9,13H2,1H3. The van der Waals surface area contributed by atoms with E-state index in [-0.39, 0.29) is 0 Å². The Morgan fingerprint density at radius 2 is 2.03 bits per heavy atom. The molecule has 0 N–H and O–H groups in total. The normalized spacial score (nSPS) is 16.0. The molecule has 0 spiro atoms. The van der Waals surface area contributed by atoms with Gasteiger partial charge in [-0.2, -0.15) is 14.5 Å². The molecule has 158 valence electrons. The average molecular weight is 436 g/mol. The Bertz CT molecular complexity index is 1240. The third-order valence-corrected chi connectivity index (χ3v) is 6.20. The Morgan fingerprint density at radius 3 is 2.87 bits per heavy atom. The Balaban J connectivity index is 1.41. The maximum Gasteiger partial charge on any atom is 0.217 e. The van der Waals surface area contributed by atoms with Gasteiger partial charge in [0.15, 0.2) is 5.65 Å². The molecule has 5 rings (SSSR count). The van der Waals surface area contributed by atoms with Crippen LogP contribution in [0.3, 0.4) is 0 Å². The van der Waals surface area contributed by atoms with Gasteiger partial charge >= 0.3 is 0 Å². The number of rotatable bonds is 6. The van der Waals surface area contributed by atoms with Gasteiger partial charge in [-0.15, -0.1) is 10.2 Å². The molecule has 31 heavy (non-hydrogen) atoms. The molecule has 0 bridgehead atoms. The van der Waals surface area contributed by atoms with Crippen molar-refractivity contribution < 1.29 is 4.74 Å². The number of aromatic nitrogens is 5. The number of ether oxygens (including phenoxy) is 1. The molecule has 10 heteroatoms. The molecule has 3 aromatic heterocycles. The number of morpholine rings is 1. The van der Waals surface area contributed by atoms with E-state index in [2.05, 4.69) is 42.5 Å². The summed E-state index contributed by atoms with van der Waals surface area (Å²) < 4.78 is 7.08. The van der Waals surface area contributed by atoms with Crippen molar-refractivity contribution in [3.8, 4) is 0 Å². The van der Waals surface area contributed by atoms with Crippen molar-refractivity contribution in [2.24, 2.45) is 5.18 Å². The minimum absolute atomic E-state index is 0.527. The molecular weight excluding hydrogens is 414 g/mol. The van der Waals surface area contributed by atoms with Crippen LogP contribution in [0, 0.1) is 4.91 Å². The van der Waals surface area contributed by atoms with Crippen LogP contribution in [0.2, 0.25) is 0 Å². The van der Waals surface area contributed by atoms with Crippen LogP contribution in [0.5, 0.6) is 0 Å². The van der Waals surface area contributed by atoms with Crippen molar-refractivity contribution in [2.45, 2.75) is 29.6 Å². The molecule has 0 radical (unpaired) electrons. The highest BCUT2D eigenvalue weighted by Crippen LogP contribution is 2.29. The van der Waals surface area contributed by atoms with Gasteiger partial charge in [-0.05, 0) is 60.6 Å². The fourth-order valence-electron chi connectivity index (χ4n) is 3.55. The summed E-state index contributed by atoms with van der Waals surface area (Å²) in [7, 11) is 0. The number of hydrogen-bond donors (Lipinski definition) is 0. The number of nitrogens with zero attached hydrogens (tertiary/aromatic N) is 7. The molecule has 1 aliphatic heterocycles. The van der Waals surface area contributed by atoms with E-state index in [1.807, 2.05) is 18.3 Å². The van der Waals surface area contributed by atoms with E-state index >= 15 is 0 Å². The van der Waals surface area contributed by atoms with Crippen molar-refractivity contribution in [3.63, 3.8) is 0 Å². The molecule has 4 aromatic rings. The Morgan fingerprint density at radius 1 is 1.16 bits per heavy atom. The largest absolute Gasteiger partial charge is 0.379 e. The van der Waals surface area contributed by atoms with Gasteiger partial charge in [0.25, 0.3) is 0 Å². The van der Waals surface area contributed by atoms with Gasteiger partial charge in [0.05, 0.1) is 24.4 Å². The number of nitroso groups, excluding NO2 is 1. The number of benzene rings is 1. The van der Waals surface area contributed by atoms with E-state index in [9.17, 15) is 4.91 Å². The molecule has 0 saturated carbocycles. The first-order valence-corrected chi connectivity index (χ1v) is 10.9. The lowest BCUT2D eigenvalue weighted by Gasteiger charge is -2.26. The zero-order valence-electron chi connectivity index (χ0n) is 17.0. The summed E-state index contributed by atoms with van der Waals surface area (Å²) in [5.41, 5.74) is 3.35. The second kappa shape index (κ2) is 8.66. The summed E-state index contributed by atoms with van der Waals surface area (Å²) in [6, 6.07) is 11.3. The minimum atomic E-state index is -0.527. The fraction of sp³-hybridized carbons (Fsp3) is 0.333. The first-order chi connectivity index (χ1) is 15.2. The van der Waals surface area contributed by atoms with Crippen molar-refractivity contribution in [1.82, 2.24) is 29.7 Å². The Hall–Kier alpha value is -2.95. The van der Waals surface area contributed by atoms with E-state index in [1.54, 1.807) is 23.6 Å². The van der Waals surface area contributed by atoms with Crippen molar-refractivity contribution in [3.05, 3.63) is 58.8 Å². The zero-order valence-corrected chi connectivity index (χ0v) is 17.8. The molecule has 1 aliphatic rings. The molecule has 0 amide bonds. The van der Waals surface area contributed by atoms with Crippen molar-refractivity contribution >= 4 is 28.3 Å². The molecule has 1 saturated heterocycles. The lowest BCUT2D eigenvalue weighted by atomic mass is 10.1. The van der Waals surface area contributed by atoms with Gasteiger partial charge in [0, 0.05) is 36.1 Å². The SMILES string of the molecule is CC(N=O)c1ccc2nnc(Sc3ccc4ncc(CN5CCOCC5)cc4c3)n2n1. The molecule has 0 aliphatic carbocycles. The van der Waals surface area contributed by atoms with Crippen LogP contribution >= 0.6 is 11.8 Å². The van der Waals surface area contributed by atoms with Gasteiger partial charge in [-0.25, -0.2) is 0 Å². The summed E-state index contributed by atoms with van der Waals surface area (Å²) in [5, 5.41) is 17.7. The second-order valence-corrected chi connectivity index (χ2v) is 8.52. The quantitative estimate of drug-likeness (QED) is 0.425. The minimum Gasteiger partial charge on any atom is -0.379 e. The van der Waals surface area contributed by atoms with Gasteiger partial charge in [0.1, 0.15) is 6.04 Å². The number of pyridine rings is 1. The maximum atomic E-state index is 10.9. The second-order valence-electron chi connectivity index (χ2n) is 7.48. The monoisotopic (exact) mass is 435 g/mol.